The molecule has 0 saturated carbocycles. The van der Waals surface area contributed by atoms with Crippen molar-refractivity contribution in [1.29, 1.82) is 0 Å². The number of hydrogen-bond acceptors (Lipinski definition) is 8. The number of allylic oxidation sites excluding steroid dienone is 10. The average Bonchev–Trinajstić information content (AvgIpc) is 3.16. The lowest BCUT2D eigenvalue weighted by Gasteiger charge is -2.19. The van der Waals surface area contributed by atoms with E-state index in [-0.39, 0.29) is 32.6 Å². The van der Waals surface area contributed by atoms with Crippen LogP contribution in [0.25, 0.3) is 0 Å². The third kappa shape index (κ3) is 39.4. The number of carbonyl (C=O) groups is 2. The molecule has 0 rings (SSSR count). The summed E-state index contributed by atoms with van der Waals surface area (Å²) < 4.78 is 32.7. The second-order valence-corrected chi connectivity index (χ2v) is 15.3. The largest absolute Gasteiger partial charge is 0.472 e. The fourth-order valence-electron chi connectivity index (χ4n) is 5.55. The van der Waals surface area contributed by atoms with Crippen molar-refractivity contribution in [2.45, 2.75) is 180 Å². The van der Waals surface area contributed by atoms with Crippen LogP contribution in [-0.4, -0.2) is 49.3 Å². The average molecular weight is 780 g/mol. The van der Waals surface area contributed by atoms with Gasteiger partial charge < -0.3 is 20.1 Å². The molecular formula is C44H78NO8P. The summed E-state index contributed by atoms with van der Waals surface area (Å²) in [6.45, 7) is 3.55. The number of unbranched alkanes of at least 4 members (excludes halogenated alkanes) is 16. The molecule has 2 atom stereocenters. The number of rotatable bonds is 39. The van der Waals surface area contributed by atoms with E-state index in [0.29, 0.717) is 12.8 Å². The van der Waals surface area contributed by atoms with Crippen molar-refractivity contribution in [3.05, 3.63) is 60.8 Å². The molecule has 54 heavy (non-hydrogen) atoms. The Labute approximate surface area is 329 Å². The second-order valence-electron chi connectivity index (χ2n) is 13.8. The summed E-state index contributed by atoms with van der Waals surface area (Å²) in [5.41, 5.74) is 5.34. The van der Waals surface area contributed by atoms with Crippen LogP contribution < -0.4 is 5.73 Å². The van der Waals surface area contributed by atoms with E-state index < -0.39 is 32.5 Å². The summed E-state index contributed by atoms with van der Waals surface area (Å²) in [5, 5.41) is 0. The summed E-state index contributed by atoms with van der Waals surface area (Å²) in [7, 11) is -4.39. The quantitative estimate of drug-likeness (QED) is 0.0270. The Hall–Kier alpha value is -2.29. The minimum absolute atomic E-state index is 0.0445. The number of nitrogens with two attached hydrogens (primary N) is 1. The molecule has 0 heterocycles. The van der Waals surface area contributed by atoms with E-state index in [1.165, 1.54) is 77.0 Å². The topological polar surface area (TPSA) is 134 Å². The van der Waals surface area contributed by atoms with E-state index in [9.17, 15) is 19.0 Å². The molecule has 0 spiro atoms. The first-order valence-corrected chi connectivity index (χ1v) is 22.8. The highest BCUT2D eigenvalue weighted by molar-refractivity contribution is 7.47. The van der Waals surface area contributed by atoms with Crippen LogP contribution in [0.3, 0.4) is 0 Å². The van der Waals surface area contributed by atoms with Crippen LogP contribution in [0.5, 0.6) is 0 Å². The van der Waals surface area contributed by atoms with Crippen LogP contribution in [0.2, 0.25) is 0 Å². The van der Waals surface area contributed by atoms with Crippen molar-refractivity contribution >= 4 is 19.8 Å². The highest BCUT2D eigenvalue weighted by Crippen LogP contribution is 2.43. The van der Waals surface area contributed by atoms with Crippen LogP contribution in [0.1, 0.15) is 174 Å². The van der Waals surface area contributed by atoms with E-state index in [0.717, 1.165) is 57.8 Å². The Kier molecular flexibility index (Phi) is 38.7. The summed E-state index contributed by atoms with van der Waals surface area (Å²) >= 11 is 0. The highest BCUT2D eigenvalue weighted by Gasteiger charge is 2.25. The maximum absolute atomic E-state index is 12.6. The molecule has 3 N–H and O–H groups in total. The van der Waals surface area contributed by atoms with Gasteiger partial charge in [-0.2, -0.15) is 0 Å². The van der Waals surface area contributed by atoms with Gasteiger partial charge >= 0.3 is 19.8 Å². The van der Waals surface area contributed by atoms with Crippen molar-refractivity contribution in [2.24, 2.45) is 5.73 Å². The van der Waals surface area contributed by atoms with Crippen LogP contribution in [0.4, 0.5) is 0 Å². The minimum Gasteiger partial charge on any atom is -0.462 e. The molecule has 0 saturated heterocycles. The van der Waals surface area contributed by atoms with Crippen molar-refractivity contribution in [3.8, 4) is 0 Å². The first-order chi connectivity index (χ1) is 26.3. The first kappa shape index (κ1) is 51.7. The molecule has 0 aromatic carbocycles. The molecule has 0 aliphatic rings. The Morgan fingerprint density at radius 3 is 1.50 bits per heavy atom. The number of hydrogen-bond donors (Lipinski definition) is 2. The van der Waals surface area contributed by atoms with E-state index in [2.05, 4.69) is 68.5 Å². The summed E-state index contributed by atoms with van der Waals surface area (Å²) in [6.07, 6.45) is 46.8. The molecule has 1 unspecified atom stereocenters. The second kappa shape index (κ2) is 40.4. The Bertz CT molecular complexity index is 1070. The highest BCUT2D eigenvalue weighted by atomic mass is 31.2. The van der Waals surface area contributed by atoms with Crippen molar-refractivity contribution in [2.75, 3.05) is 26.4 Å². The molecule has 312 valence electrons. The molecule has 0 bridgehead atoms. The maximum Gasteiger partial charge on any atom is 0.472 e. The van der Waals surface area contributed by atoms with Gasteiger partial charge in [-0.25, -0.2) is 4.57 Å². The molecule has 9 nitrogen and oxygen atoms in total. The summed E-state index contributed by atoms with van der Waals surface area (Å²) in [6, 6.07) is 0. The molecule has 0 aromatic heterocycles. The zero-order valence-corrected chi connectivity index (χ0v) is 35.1. The van der Waals surface area contributed by atoms with Gasteiger partial charge in [0.25, 0.3) is 0 Å². The molecule has 0 amide bonds. The van der Waals surface area contributed by atoms with E-state index in [1.54, 1.807) is 0 Å². The molecule has 10 heteroatoms. The van der Waals surface area contributed by atoms with Crippen LogP contribution in [-0.2, 0) is 32.7 Å². The predicted molar refractivity (Wildman–Crippen MR) is 224 cm³/mol. The van der Waals surface area contributed by atoms with E-state index >= 15 is 0 Å². The Morgan fingerprint density at radius 2 is 1.02 bits per heavy atom. The van der Waals surface area contributed by atoms with Gasteiger partial charge in [-0.3, -0.25) is 18.6 Å². The molecule has 0 fully saturated rings. The van der Waals surface area contributed by atoms with Gasteiger partial charge in [0.05, 0.1) is 13.2 Å². The molecular weight excluding hydrogens is 701 g/mol. The van der Waals surface area contributed by atoms with Gasteiger partial charge in [-0.15, -0.1) is 0 Å². The standard InChI is InChI=1S/C44H78NO8P/c1-3-5-7-9-11-13-15-17-19-21-23-24-26-28-30-32-34-36-43(46)50-40-42(41-52-54(48,49)51-39-38-45)53-44(47)37-35-33-31-29-27-25-22-20-18-16-14-12-10-8-6-4-2/h5,7,11,13,17,19,23-24,28,30,42H,3-4,6,8-10,12,14-16,18,20-22,25-27,29,31-41,45H2,1-2H3,(H,48,49)/b7-5-,13-11-,19-17-,24-23-,30-28-/t42-/m1/s1. The Balaban J connectivity index is 4.25. The number of ether oxygens (including phenoxy) is 2. The monoisotopic (exact) mass is 780 g/mol. The number of phosphoric acid groups is 1. The van der Waals surface area contributed by atoms with E-state index in [4.69, 9.17) is 24.3 Å². The lowest BCUT2D eigenvalue weighted by atomic mass is 10.0. The van der Waals surface area contributed by atoms with Crippen LogP contribution >= 0.6 is 7.82 Å². The van der Waals surface area contributed by atoms with Crippen LogP contribution in [0, 0.1) is 0 Å². The minimum atomic E-state index is -4.39. The molecule has 0 aliphatic carbocycles. The zero-order chi connectivity index (χ0) is 39.6. The fourth-order valence-corrected chi connectivity index (χ4v) is 6.32. The van der Waals surface area contributed by atoms with Gasteiger partial charge in [0.15, 0.2) is 6.10 Å². The van der Waals surface area contributed by atoms with Gasteiger partial charge in [0.1, 0.15) is 6.61 Å². The van der Waals surface area contributed by atoms with Crippen molar-refractivity contribution < 1.29 is 37.6 Å². The third-order valence-corrected chi connectivity index (χ3v) is 9.65. The normalized spacial score (nSPS) is 13.9. The summed E-state index contributed by atoms with van der Waals surface area (Å²) in [4.78, 5) is 34.8. The number of phosphoric ester groups is 1. The molecule has 0 aromatic rings. The number of esters is 2. The molecule has 0 radical (unpaired) electrons. The zero-order valence-electron chi connectivity index (χ0n) is 34.2. The molecule has 0 aliphatic heterocycles. The SMILES string of the molecule is CC/C=C\C/C=C\C/C=C\C/C=C\C/C=C\CCCC(=O)OC[C@H](COP(=O)(O)OCCN)OC(=O)CCCCCCCCCCCCCCCCCC. The van der Waals surface area contributed by atoms with Gasteiger partial charge in [-0.05, 0) is 51.4 Å². The fraction of sp³-hybridized carbons (Fsp3) is 0.727. The lowest BCUT2D eigenvalue weighted by molar-refractivity contribution is -0.161. The van der Waals surface area contributed by atoms with Crippen LogP contribution in [0.15, 0.2) is 60.8 Å². The number of carbonyl (C=O) groups excluding carboxylic acids is 2. The van der Waals surface area contributed by atoms with Crippen molar-refractivity contribution in [1.82, 2.24) is 0 Å². The Morgan fingerprint density at radius 1 is 0.574 bits per heavy atom. The third-order valence-electron chi connectivity index (χ3n) is 8.67. The lowest BCUT2D eigenvalue weighted by Crippen LogP contribution is -2.29. The van der Waals surface area contributed by atoms with Crippen molar-refractivity contribution in [3.63, 3.8) is 0 Å². The first-order valence-electron chi connectivity index (χ1n) is 21.3. The predicted octanol–water partition coefficient (Wildman–Crippen LogP) is 12.1. The van der Waals surface area contributed by atoms with E-state index in [1.807, 2.05) is 6.08 Å². The van der Waals surface area contributed by atoms with Gasteiger partial charge in [-0.1, -0.05) is 171 Å². The maximum atomic E-state index is 12.6. The van der Waals surface area contributed by atoms with Gasteiger partial charge in [0, 0.05) is 19.4 Å². The summed E-state index contributed by atoms with van der Waals surface area (Å²) in [5.74, 6) is -0.896. The van der Waals surface area contributed by atoms with Gasteiger partial charge in [0.2, 0.25) is 0 Å². The smallest absolute Gasteiger partial charge is 0.462 e.